The highest BCUT2D eigenvalue weighted by Crippen LogP contribution is 2.30. The molecule has 0 radical (unpaired) electrons. The molecule has 0 aliphatic rings. The van der Waals surface area contributed by atoms with Crippen molar-refractivity contribution in [2.24, 2.45) is 0 Å². The first kappa shape index (κ1) is 19.2. The number of carbonyl (C=O) groups excluding carboxylic acids is 2. The largest absolute Gasteiger partial charge is 0.462 e. The van der Waals surface area contributed by atoms with Gasteiger partial charge in [0, 0.05) is 4.88 Å². The zero-order valence-electron chi connectivity index (χ0n) is 16.4. The summed E-state index contributed by atoms with van der Waals surface area (Å²) in [7, 11) is 0. The molecule has 4 heterocycles. The van der Waals surface area contributed by atoms with E-state index >= 15 is 0 Å². The molecule has 29 heavy (non-hydrogen) atoms. The summed E-state index contributed by atoms with van der Waals surface area (Å²) in [6, 6.07) is 7.46. The topological polar surface area (TPSA) is 79.0 Å². The Morgan fingerprint density at radius 2 is 1.72 bits per heavy atom. The molecule has 7 nitrogen and oxygen atoms in total. The van der Waals surface area contributed by atoms with Crippen LogP contribution in [0, 0.1) is 6.92 Å². The smallest absolute Gasteiger partial charge is 0.341 e. The van der Waals surface area contributed by atoms with Crippen molar-refractivity contribution in [3.05, 3.63) is 61.6 Å². The van der Waals surface area contributed by atoms with Gasteiger partial charge in [0.15, 0.2) is 0 Å². The number of hydrogen-bond donors (Lipinski definition) is 0. The fourth-order valence-corrected chi connectivity index (χ4v) is 4.39. The van der Waals surface area contributed by atoms with E-state index in [-0.39, 0.29) is 35.4 Å². The Labute approximate surface area is 170 Å². The molecule has 0 aromatic carbocycles. The standard InChI is InChI=1S/C21H20N2O5S/c1-4-27-20(25)15-14-9-8-12(3)18-22(11-13-7-6-10-29-13)19(24)17(23(14)18)16(15)21(26)28-5-2/h6-10H,4-5,11H2,1-3H3. The van der Waals surface area contributed by atoms with E-state index in [1.165, 1.54) is 0 Å². The molecular weight excluding hydrogens is 392 g/mol. The Morgan fingerprint density at radius 1 is 1.03 bits per heavy atom. The van der Waals surface area contributed by atoms with Crippen molar-refractivity contribution < 1.29 is 19.1 Å². The Bertz CT molecular complexity index is 1270. The molecule has 4 aromatic heterocycles. The zero-order chi connectivity index (χ0) is 20.7. The number of nitrogens with zero attached hydrogens (tertiary/aromatic N) is 2. The minimum Gasteiger partial charge on any atom is -0.462 e. The number of hydrogen-bond acceptors (Lipinski definition) is 6. The first-order valence-electron chi connectivity index (χ1n) is 9.36. The third-order valence-electron chi connectivity index (χ3n) is 4.82. The van der Waals surface area contributed by atoms with Crippen LogP contribution in [0.3, 0.4) is 0 Å². The molecule has 0 aliphatic heterocycles. The van der Waals surface area contributed by atoms with Crippen molar-refractivity contribution in [1.82, 2.24) is 8.97 Å². The Hall–Kier alpha value is -3.13. The number of aryl methyl sites for hydroxylation is 1. The Kier molecular flexibility index (Phi) is 4.87. The van der Waals surface area contributed by atoms with Gasteiger partial charge in [-0.1, -0.05) is 12.1 Å². The van der Waals surface area contributed by atoms with Crippen molar-refractivity contribution in [2.75, 3.05) is 13.2 Å². The molecule has 0 aliphatic carbocycles. The van der Waals surface area contributed by atoms with Gasteiger partial charge in [0.25, 0.3) is 5.56 Å². The number of carbonyl (C=O) groups is 2. The molecule has 0 unspecified atom stereocenters. The molecule has 0 bridgehead atoms. The summed E-state index contributed by atoms with van der Waals surface area (Å²) in [6.45, 7) is 5.94. The zero-order valence-corrected chi connectivity index (χ0v) is 17.2. The highest BCUT2D eigenvalue weighted by molar-refractivity contribution is 7.09. The van der Waals surface area contributed by atoms with Crippen LogP contribution in [0.25, 0.3) is 16.7 Å². The summed E-state index contributed by atoms with van der Waals surface area (Å²) in [5, 5.41) is 1.95. The fourth-order valence-electron chi connectivity index (χ4n) is 3.70. The molecule has 0 amide bonds. The average molecular weight is 412 g/mol. The molecule has 0 spiro atoms. The second kappa shape index (κ2) is 7.36. The minimum absolute atomic E-state index is 0.0316. The second-order valence-electron chi connectivity index (χ2n) is 6.57. The van der Waals surface area contributed by atoms with Crippen molar-refractivity contribution >= 4 is 40.0 Å². The molecule has 8 heteroatoms. The number of pyridine rings is 1. The summed E-state index contributed by atoms with van der Waals surface area (Å²) < 4.78 is 13.7. The highest BCUT2D eigenvalue weighted by Gasteiger charge is 2.33. The highest BCUT2D eigenvalue weighted by atomic mass is 32.1. The summed E-state index contributed by atoms with van der Waals surface area (Å²) in [5.74, 6) is -1.35. The molecule has 0 saturated heterocycles. The van der Waals surface area contributed by atoms with Gasteiger partial charge in [-0.15, -0.1) is 11.3 Å². The van der Waals surface area contributed by atoms with Crippen LogP contribution >= 0.6 is 11.3 Å². The summed E-state index contributed by atoms with van der Waals surface area (Å²) in [4.78, 5) is 39.9. The summed E-state index contributed by atoms with van der Waals surface area (Å²) >= 11 is 1.55. The predicted octanol–water partition coefficient (Wildman–Crippen LogP) is 3.46. The predicted molar refractivity (Wildman–Crippen MR) is 110 cm³/mol. The number of rotatable bonds is 6. The summed E-state index contributed by atoms with van der Waals surface area (Å²) in [5.41, 5.74) is 1.83. The normalized spacial score (nSPS) is 11.4. The van der Waals surface area contributed by atoms with Gasteiger partial charge in [-0.05, 0) is 43.8 Å². The Morgan fingerprint density at radius 3 is 2.34 bits per heavy atom. The SMILES string of the molecule is CCOC(=O)c1c(C(=O)OCC)c2c(=O)n(Cc3cccs3)c3c(C)ccc1n23. The molecule has 0 N–H and O–H groups in total. The van der Waals surface area contributed by atoms with Crippen LogP contribution in [-0.4, -0.2) is 34.1 Å². The van der Waals surface area contributed by atoms with Crippen LogP contribution in [0.1, 0.15) is 45.0 Å². The van der Waals surface area contributed by atoms with E-state index in [2.05, 4.69) is 0 Å². The van der Waals surface area contributed by atoms with E-state index in [0.29, 0.717) is 17.7 Å². The van der Waals surface area contributed by atoms with Crippen LogP contribution in [0.2, 0.25) is 0 Å². The number of ether oxygens (including phenoxy) is 2. The van der Waals surface area contributed by atoms with Crippen LogP contribution in [0.4, 0.5) is 0 Å². The molecule has 4 rings (SSSR count). The number of thiophene rings is 1. The van der Waals surface area contributed by atoms with E-state index in [4.69, 9.17) is 9.47 Å². The lowest BCUT2D eigenvalue weighted by atomic mass is 10.1. The van der Waals surface area contributed by atoms with Gasteiger partial charge in [-0.25, -0.2) is 9.59 Å². The van der Waals surface area contributed by atoms with Crippen LogP contribution in [-0.2, 0) is 16.0 Å². The van der Waals surface area contributed by atoms with Gasteiger partial charge in [0.2, 0.25) is 0 Å². The Balaban J connectivity index is 2.10. The third kappa shape index (κ3) is 2.91. The van der Waals surface area contributed by atoms with Crippen molar-refractivity contribution in [3.63, 3.8) is 0 Å². The lowest BCUT2D eigenvalue weighted by Crippen LogP contribution is -2.19. The van der Waals surface area contributed by atoms with E-state index < -0.39 is 11.9 Å². The monoisotopic (exact) mass is 412 g/mol. The maximum absolute atomic E-state index is 13.4. The van der Waals surface area contributed by atoms with E-state index in [1.54, 1.807) is 40.2 Å². The van der Waals surface area contributed by atoms with Crippen LogP contribution < -0.4 is 5.56 Å². The quantitative estimate of drug-likeness (QED) is 0.453. The first-order valence-corrected chi connectivity index (χ1v) is 10.2. The second-order valence-corrected chi connectivity index (χ2v) is 7.60. The van der Waals surface area contributed by atoms with Gasteiger partial charge in [0.05, 0.1) is 25.3 Å². The van der Waals surface area contributed by atoms with Crippen LogP contribution in [0.5, 0.6) is 0 Å². The lowest BCUT2D eigenvalue weighted by molar-refractivity contribution is 0.0483. The maximum Gasteiger partial charge on any atom is 0.341 e. The third-order valence-corrected chi connectivity index (χ3v) is 5.68. The van der Waals surface area contributed by atoms with Gasteiger partial charge < -0.3 is 9.47 Å². The maximum atomic E-state index is 13.4. The van der Waals surface area contributed by atoms with Crippen LogP contribution in [0.15, 0.2) is 34.4 Å². The number of imidazole rings is 1. The molecule has 150 valence electrons. The summed E-state index contributed by atoms with van der Waals surface area (Å²) in [6.07, 6.45) is 0. The number of esters is 2. The molecular formula is C21H20N2O5S. The van der Waals surface area contributed by atoms with E-state index in [9.17, 15) is 14.4 Å². The first-order chi connectivity index (χ1) is 14.0. The number of aromatic nitrogens is 2. The van der Waals surface area contributed by atoms with Gasteiger partial charge in [0.1, 0.15) is 22.3 Å². The van der Waals surface area contributed by atoms with Gasteiger partial charge in [-0.3, -0.25) is 13.8 Å². The van der Waals surface area contributed by atoms with Crippen molar-refractivity contribution in [2.45, 2.75) is 27.3 Å². The van der Waals surface area contributed by atoms with E-state index in [1.807, 2.05) is 30.5 Å². The molecule has 0 fully saturated rings. The van der Waals surface area contributed by atoms with Crippen molar-refractivity contribution in [1.29, 1.82) is 0 Å². The van der Waals surface area contributed by atoms with Gasteiger partial charge >= 0.3 is 11.9 Å². The minimum atomic E-state index is -0.704. The lowest BCUT2D eigenvalue weighted by Gasteiger charge is -2.08. The fraction of sp³-hybridized carbons (Fsp3) is 0.286. The van der Waals surface area contributed by atoms with Crippen molar-refractivity contribution in [3.8, 4) is 0 Å². The average Bonchev–Trinajstić information content (AvgIpc) is 3.38. The van der Waals surface area contributed by atoms with E-state index in [0.717, 1.165) is 10.4 Å². The molecule has 0 saturated carbocycles. The molecule has 4 aromatic rings. The molecule has 0 atom stereocenters. The van der Waals surface area contributed by atoms with Gasteiger partial charge in [-0.2, -0.15) is 0 Å².